The van der Waals surface area contributed by atoms with E-state index >= 15 is 0 Å². The molecule has 7 heteroatoms. The zero-order valence-electron chi connectivity index (χ0n) is 13.3. The number of hydrogen-bond acceptors (Lipinski definition) is 5. The van der Waals surface area contributed by atoms with E-state index in [2.05, 4.69) is 20.6 Å². The van der Waals surface area contributed by atoms with Gasteiger partial charge >= 0.3 is 6.03 Å². The number of urea groups is 1. The number of fused-ring (bicyclic) bond motifs is 1. The van der Waals surface area contributed by atoms with Crippen LogP contribution in [0, 0.1) is 6.92 Å². The molecule has 24 heavy (non-hydrogen) atoms. The number of benzene rings is 1. The molecule has 2 aromatic heterocycles. The van der Waals surface area contributed by atoms with Gasteiger partial charge in [-0.05, 0) is 38.0 Å². The number of anilines is 1. The Kier molecular flexibility index (Phi) is 3.93. The standard InChI is InChI=1S/C17H18N4O2S/c1-10-9-19-15(24-10)6-7-18-17(22)20-12-4-5-14-13(8-12)21-16(23-14)11-2-3-11/h4-5,8-9,11H,2-3,6-7H2,1H3,(H2,18,20,22). The second-order valence-corrected chi connectivity index (χ2v) is 7.32. The van der Waals surface area contributed by atoms with Crippen LogP contribution >= 0.6 is 11.3 Å². The first kappa shape index (κ1) is 15.1. The fourth-order valence-corrected chi connectivity index (χ4v) is 3.29. The van der Waals surface area contributed by atoms with Crippen LogP contribution in [0.1, 0.15) is 34.5 Å². The van der Waals surface area contributed by atoms with E-state index in [1.54, 1.807) is 11.3 Å². The van der Waals surface area contributed by atoms with Gasteiger partial charge in [-0.1, -0.05) is 0 Å². The largest absolute Gasteiger partial charge is 0.440 e. The number of nitrogens with one attached hydrogen (secondary N) is 2. The van der Waals surface area contributed by atoms with Gasteiger partial charge in [0.1, 0.15) is 5.52 Å². The van der Waals surface area contributed by atoms with E-state index in [9.17, 15) is 4.79 Å². The average Bonchev–Trinajstić information content (AvgIpc) is 3.19. The normalized spacial score (nSPS) is 14.0. The Balaban J connectivity index is 1.33. The number of aryl methyl sites for hydroxylation is 1. The zero-order valence-corrected chi connectivity index (χ0v) is 14.2. The Morgan fingerprint density at radius 1 is 1.42 bits per heavy atom. The number of thiazole rings is 1. The van der Waals surface area contributed by atoms with Crippen LogP contribution in [0.3, 0.4) is 0 Å². The molecule has 0 unspecified atom stereocenters. The minimum absolute atomic E-state index is 0.228. The van der Waals surface area contributed by atoms with Gasteiger partial charge in [0.25, 0.3) is 0 Å². The molecule has 0 atom stereocenters. The Morgan fingerprint density at radius 3 is 3.04 bits per heavy atom. The molecule has 0 radical (unpaired) electrons. The van der Waals surface area contributed by atoms with Crippen LogP contribution in [0.25, 0.3) is 11.1 Å². The first-order chi connectivity index (χ1) is 11.7. The third-order valence-electron chi connectivity index (χ3n) is 3.88. The predicted molar refractivity (Wildman–Crippen MR) is 93.6 cm³/mol. The zero-order chi connectivity index (χ0) is 16.5. The fourth-order valence-electron chi connectivity index (χ4n) is 2.50. The number of nitrogens with zero attached hydrogens (tertiary/aromatic N) is 2. The molecule has 3 aromatic rings. The van der Waals surface area contributed by atoms with Gasteiger partial charge < -0.3 is 15.1 Å². The first-order valence-corrected chi connectivity index (χ1v) is 8.86. The van der Waals surface area contributed by atoms with Crippen LogP contribution in [-0.2, 0) is 6.42 Å². The van der Waals surface area contributed by atoms with E-state index < -0.39 is 0 Å². The minimum Gasteiger partial charge on any atom is -0.440 e. The van der Waals surface area contributed by atoms with Crippen molar-refractivity contribution in [1.82, 2.24) is 15.3 Å². The van der Waals surface area contributed by atoms with Gasteiger partial charge in [-0.25, -0.2) is 14.8 Å². The molecule has 2 heterocycles. The van der Waals surface area contributed by atoms with Gasteiger partial charge in [-0.15, -0.1) is 11.3 Å². The number of carbonyl (C=O) groups excluding carboxylic acids is 1. The molecule has 6 nitrogen and oxygen atoms in total. The lowest BCUT2D eigenvalue weighted by Gasteiger charge is -2.06. The Morgan fingerprint density at radius 2 is 2.29 bits per heavy atom. The van der Waals surface area contributed by atoms with Crippen LogP contribution < -0.4 is 10.6 Å². The summed E-state index contributed by atoms with van der Waals surface area (Å²) in [5, 5.41) is 6.71. The summed E-state index contributed by atoms with van der Waals surface area (Å²) in [4.78, 5) is 21.9. The molecule has 1 aliphatic carbocycles. The van der Waals surface area contributed by atoms with Gasteiger partial charge in [0, 0.05) is 35.6 Å². The highest BCUT2D eigenvalue weighted by Crippen LogP contribution is 2.40. The van der Waals surface area contributed by atoms with E-state index in [-0.39, 0.29) is 6.03 Å². The smallest absolute Gasteiger partial charge is 0.319 e. The maximum absolute atomic E-state index is 12.0. The van der Waals surface area contributed by atoms with Gasteiger partial charge in [-0.2, -0.15) is 0 Å². The van der Waals surface area contributed by atoms with Crippen molar-refractivity contribution in [2.24, 2.45) is 0 Å². The highest BCUT2D eigenvalue weighted by Gasteiger charge is 2.28. The molecule has 4 rings (SSSR count). The molecule has 0 spiro atoms. The Hall–Kier alpha value is -2.41. The molecule has 1 aromatic carbocycles. The number of rotatable bonds is 5. The van der Waals surface area contributed by atoms with Crippen molar-refractivity contribution in [2.75, 3.05) is 11.9 Å². The summed E-state index contributed by atoms with van der Waals surface area (Å²) < 4.78 is 5.72. The number of hydrogen-bond donors (Lipinski definition) is 2. The van der Waals surface area contributed by atoms with Crippen molar-refractivity contribution < 1.29 is 9.21 Å². The van der Waals surface area contributed by atoms with E-state index in [0.29, 0.717) is 18.2 Å². The van der Waals surface area contributed by atoms with Crippen molar-refractivity contribution >= 4 is 34.2 Å². The molecule has 1 fully saturated rings. The van der Waals surface area contributed by atoms with E-state index in [1.807, 2.05) is 31.3 Å². The van der Waals surface area contributed by atoms with Crippen LogP contribution in [0.4, 0.5) is 10.5 Å². The van der Waals surface area contributed by atoms with Crippen molar-refractivity contribution in [2.45, 2.75) is 32.1 Å². The second-order valence-electron chi connectivity index (χ2n) is 6.00. The molecule has 0 saturated heterocycles. The van der Waals surface area contributed by atoms with Crippen molar-refractivity contribution in [3.05, 3.63) is 40.2 Å². The molecule has 0 aliphatic heterocycles. The summed E-state index contributed by atoms with van der Waals surface area (Å²) in [6.45, 7) is 2.58. The molecule has 1 aliphatic rings. The fraction of sp³-hybridized carbons (Fsp3) is 0.353. The SMILES string of the molecule is Cc1cnc(CCNC(=O)Nc2ccc3oc(C4CC4)nc3c2)s1. The van der Waals surface area contributed by atoms with Gasteiger partial charge in [0.2, 0.25) is 0 Å². The van der Waals surface area contributed by atoms with Crippen LogP contribution in [0.5, 0.6) is 0 Å². The third kappa shape index (κ3) is 3.41. The van der Waals surface area contributed by atoms with Crippen LogP contribution in [0.2, 0.25) is 0 Å². The Bertz CT molecular complexity index is 882. The van der Waals surface area contributed by atoms with Crippen molar-refractivity contribution in [1.29, 1.82) is 0 Å². The minimum atomic E-state index is -0.228. The highest BCUT2D eigenvalue weighted by molar-refractivity contribution is 7.11. The lowest BCUT2D eigenvalue weighted by atomic mass is 10.3. The molecule has 0 bridgehead atoms. The predicted octanol–water partition coefficient (Wildman–Crippen LogP) is 3.83. The summed E-state index contributed by atoms with van der Waals surface area (Å²) in [7, 11) is 0. The number of oxazole rings is 1. The number of aromatic nitrogens is 2. The monoisotopic (exact) mass is 342 g/mol. The number of carbonyl (C=O) groups is 1. The highest BCUT2D eigenvalue weighted by atomic mass is 32.1. The van der Waals surface area contributed by atoms with Gasteiger partial charge in [-0.3, -0.25) is 0 Å². The molecule has 2 N–H and O–H groups in total. The second kappa shape index (κ2) is 6.24. The number of amides is 2. The van der Waals surface area contributed by atoms with Crippen LogP contribution in [-0.4, -0.2) is 22.5 Å². The van der Waals surface area contributed by atoms with Crippen LogP contribution in [0.15, 0.2) is 28.8 Å². The topological polar surface area (TPSA) is 80.0 Å². The molecule has 124 valence electrons. The van der Waals surface area contributed by atoms with Crippen molar-refractivity contribution in [3.8, 4) is 0 Å². The third-order valence-corrected chi connectivity index (χ3v) is 4.85. The molecule has 1 saturated carbocycles. The van der Waals surface area contributed by atoms with E-state index in [1.165, 1.54) is 4.88 Å². The maximum atomic E-state index is 12.0. The summed E-state index contributed by atoms with van der Waals surface area (Å²) in [6, 6.07) is 5.29. The molecular formula is C17H18N4O2S. The summed E-state index contributed by atoms with van der Waals surface area (Å²) in [5.41, 5.74) is 2.26. The lowest BCUT2D eigenvalue weighted by molar-refractivity contribution is 0.252. The Labute approximate surface area is 143 Å². The van der Waals surface area contributed by atoms with Gasteiger partial charge in [0.05, 0.1) is 5.01 Å². The van der Waals surface area contributed by atoms with Gasteiger partial charge in [0.15, 0.2) is 11.5 Å². The van der Waals surface area contributed by atoms with E-state index in [4.69, 9.17) is 4.42 Å². The summed E-state index contributed by atoms with van der Waals surface area (Å²) >= 11 is 1.65. The maximum Gasteiger partial charge on any atom is 0.319 e. The average molecular weight is 342 g/mol. The summed E-state index contributed by atoms with van der Waals surface area (Å²) in [5.74, 6) is 1.29. The van der Waals surface area contributed by atoms with Crippen molar-refractivity contribution in [3.63, 3.8) is 0 Å². The van der Waals surface area contributed by atoms with E-state index in [0.717, 1.165) is 41.3 Å². The first-order valence-electron chi connectivity index (χ1n) is 8.04. The summed E-state index contributed by atoms with van der Waals surface area (Å²) in [6.07, 6.45) is 4.89. The lowest BCUT2D eigenvalue weighted by Crippen LogP contribution is -2.30. The molecular weight excluding hydrogens is 324 g/mol. The quantitative estimate of drug-likeness (QED) is 0.738. The molecule has 2 amide bonds.